The molecule has 0 saturated carbocycles. The Kier molecular flexibility index (Phi) is 4.55. The van der Waals surface area contributed by atoms with Crippen LogP contribution in [-0.4, -0.2) is 13.0 Å². The minimum Gasteiger partial charge on any atom is -0.359 e. The summed E-state index contributed by atoms with van der Waals surface area (Å²) in [5, 5.41) is 2.68. The van der Waals surface area contributed by atoms with Gasteiger partial charge < -0.3 is 5.32 Å². The highest BCUT2D eigenvalue weighted by atomic mass is 16.2. The summed E-state index contributed by atoms with van der Waals surface area (Å²) >= 11 is 0. The second-order valence-electron chi connectivity index (χ2n) is 3.77. The molecular weight excluding hydrogens is 162 g/mol. The molecule has 1 amide bonds. The minimum atomic E-state index is -0.319. The summed E-state index contributed by atoms with van der Waals surface area (Å²) in [7, 11) is 1.66. The van der Waals surface area contributed by atoms with Crippen LogP contribution in [0.4, 0.5) is 0 Å². The number of carbonyl (C=O) groups excluding carboxylic acids is 1. The number of rotatable bonds is 4. The van der Waals surface area contributed by atoms with Crippen LogP contribution in [0.15, 0.2) is 0 Å². The van der Waals surface area contributed by atoms with Gasteiger partial charge in [-0.2, -0.15) is 0 Å². The van der Waals surface area contributed by atoms with Crippen molar-refractivity contribution >= 4 is 5.91 Å². The van der Waals surface area contributed by atoms with Gasteiger partial charge in [-0.15, -0.1) is 12.3 Å². The van der Waals surface area contributed by atoms with E-state index in [9.17, 15) is 4.79 Å². The Bertz CT molecular complexity index is 217. The molecule has 74 valence electrons. The SMILES string of the molecule is C#CC(C)CC(C)(CC)C(=O)NC. The van der Waals surface area contributed by atoms with E-state index >= 15 is 0 Å². The van der Waals surface area contributed by atoms with Gasteiger partial charge in [0.05, 0.1) is 0 Å². The van der Waals surface area contributed by atoms with Crippen molar-refractivity contribution in [3.05, 3.63) is 0 Å². The summed E-state index contributed by atoms with van der Waals surface area (Å²) in [5.41, 5.74) is -0.319. The molecule has 0 rings (SSSR count). The van der Waals surface area contributed by atoms with Gasteiger partial charge in [-0.25, -0.2) is 0 Å². The van der Waals surface area contributed by atoms with Gasteiger partial charge in [0, 0.05) is 18.4 Å². The maximum atomic E-state index is 11.5. The Balaban J connectivity index is 4.47. The van der Waals surface area contributed by atoms with Gasteiger partial charge in [0.1, 0.15) is 0 Å². The molecule has 0 spiro atoms. The zero-order valence-corrected chi connectivity index (χ0v) is 8.98. The molecule has 0 saturated heterocycles. The monoisotopic (exact) mass is 181 g/mol. The third kappa shape index (κ3) is 3.10. The first-order valence-corrected chi connectivity index (χ1v) is 4.68. The van der Waals surface area contributed by atoms with E-state index in [-0.39, 0.29) is 17.2 Å². The Morgan fingerprint density at radius 3 is 2.54 bits per heavy atom. The smallest absolute Gasteiger partial charge is 0.225 e. The lowest BCUT2D eigenvalue weighted by Crippen LogP contribution is -2.37. The van der Waals surface area contributed by atoms with Crippen LogP contribution in [0.25, 0.3) is 0 Å². The third-order valence-corrected chi connectivity index (χ3v) is 2.60. The average Bonchev–Trinajstić information content (AvgIpc) is 2.15. The van der Waals surface area contributed by atoms with Gasteiger partial charge in [-0.3, -0.25) is 4.79 Å². The van der Waals surface area contributed by atoms with E-state index in [2.05, 4.69) is 11.2 Å². The van der Waals surface area contributed by atoms with E-state index in [4.69, 9.17) is 6.42 Å². The van der Waals surface area contributed by atoms with E-state index in [0.717, 1.165) is 12.8 Å². The van der Waals surface area contributed by atoms with Crippen molar-refractivity contribution in [3.63, 3.8) is 0 Å². The molecule has 0 fully saturated rings. The predicted molar refractivity (Wildman–Crippen MR) is 55.1 cm³/mol. The van der Waals surface area contributed by atoms with E-state index in [0.29, 0.717) is 0 Å². The van der Waals surface area contributed by atoms with Gasteiger partial charge in [0.25, 0.3) is 0 Å². The molecule has 0 aliphatic heterocycles. The molecule has 0 aromatic rings. The first-order valence-electron chi connectivity index (χ1n) is 4.68. The molecule has 0 aromatic heterocycles. The molecule has 0 aliphatic carbocycles. The highest BCUT2D eigenvalue weighted by molar-refractivity contribution is 5.81. The van der Waals surface area contributed by atoms with Gasteiger partial charge in [-0.05, 0) is 12.8 Å². The second kappa shape index (κ2) is 4.91. The summed E-state index contributed by atoms with van der Waals surface area (Å²) in [6, 6.07) is 0. The lowest BCUT2D eigenvalue weighted by molar-refractivity contribution is -0.130. The zero-order valence-electron chi connectivity index (χ0n) is 8.98. The van der Waals surface area contributed by atoms with Crippen LogP contribution in [0.5, 0.6) is 0 Å². The molecule has 0 heterocycles. The highest BCUT2D eigenvalue weighted by Crippen LogP contribution is 2.29. The molecule has 0 aliphatic rings. The lowest BCUT2D eigenvalue weighted by Gasteiger charge is -2.27. The molecule has 0 aromatic carbocycles. The van der Waals surface area contributed by atoms with Crippen molar-refractivity contribution in [1.82, 2.24) is 5.32 Å². The topological polar surface area (TPSA) is 29.1 Å². The number of amides is 1. The van der Waals surface area contributed by atoms with Gasteiger partial charge in [0.15, 0.2) is 0 Å². The summed E-state index contributed by atoms with van der Waals surface area (Å²) in [4.78, 5) is 11.5. The number of nitrogens with one attached hydrogen (secondary N) is 1. The van der Waals surface area contributed by atoms with Gasteiger partial charge >= 0.3 is 0 Å². The number of carbonyl (C=O) groups is 1. The quantitative estimate of drug-likeness (QED) is 0.658. The molecule has 13 heavy (non-hydrogen) atoms. The number of terminal acetylenes is 1. The maximum Gasteiger partial charge on any atom is 0.225 e. The van der Waals surface area contributed by atoms with Crippen LogP contribution in [0.3, 0.4) is 0 Å². The van der Waals surface area contributed by atoms with Crippen molar-refractivity contribution in [2.75, 3.05) is 7.05 Å². The molecule has 2 unspecified atom stereocenters. The molecule has 0 radical (unpaired) electrons. The van der Waals surface area contributed by atoms with Crippen molar-refractivity contribution < 1.29 is 4.79 Å². The molecule has 2 nitrogen and oxygen atoms in total. The van der Waals surface area contributed by atoms with Crippen molar-refractivity contribution in [2.24, 2.45) is 11.3 Å². The highest BCUT2D eigenvalue weighted by Gasteiger charge is 2.31. The fraction of sp³-hybridized carbons (Fsp3) is 0.727. The largest absolute Gasteiger partial charge is 0.359 e. The Labute approximate surface area is 81.1 Å². The van der Waals surface area contributed by atoms with Crippen molar-refractivity contribution in [3.8, 4) is 12.3 Å². The van der Waals surface area contributed by atoms with Gasteiger partial charge in [0.2, 0.25) is 5.91 Å². The van der Waals surface area contributed by atoms with Gasteiger partial charge in [-0.1, -0.05) is 20.8 Å². The van der Waals surface area contributed by atoms with Crippen LogP contribution in [0, 0.1) is 23.7 Å². The molecular formula is C11H19NO. The third-order valence-electron chi connectivity index (χ3n) is 2.60. The fourth-order valence-corrected chi connectivity index (χ4v) is 1.43. The second-order valence-corrected chi connectivity index (χ2v) is 3.77. The van der Waals surface area contributed by atoms with Crippen LogP contribution in [0.1, 0.15) is 33.6 Å². The van der Waals surface area contributed by atoms with E-state index in [1.807, 2.05) is 20.8 Å². The zero-order chi connectivity index (χ0) is 10.5. The Morgan fingerprint density at radius 1 is 1.69 bits per heavy atom. The minimum absolute atomic E-state index is 0.0806. The maximum absolute atomic E-state index is 11.5. The summed E-state index contributed by atoms with van der Waals surface area (Å²) in [6.45, 7) is 5.94. The molecule has 2 atom stereocenters. The molecule has 0 bridgehead atoms. The van der Waals surface area contributed by atoms with Crippen LogP contribution in [-0.2, 0) is 4.79 Å². The molecule has 1 N–H and O–H groups in total. The van der Waals surface area contributed by atoms with Crippen LogP contribution < -0.4 is 5.32 Å². The average molecular weight is 181 g/mol. The normalized spacial score (nSPS) is 16.8. The van der Waals surface area contributed by atoms with Crippen molar-refractivity contribution in [1.29, 1.82) is 0 Å². The van der Waals surface area contributed by atoms with E-state index in [1.165, 1.54) is 0 Å². The standard InChI is InChI=1S/C11H19NO/c1-6-9(3)8-11(4,7-2)10(13)12-5/h1,9H,7-8H2,2-5H3,(H,12,13). The first kappa shape index (κ1) is 12.0. The van der Waals surface area contributed by atoms with Crippen LogP contribution >= 0.6 is 0 Å². The number of hydrogen-bond acceptors (Lipinski definition) is 1. The summed E-state index contributed by atoms with van der Waals surface area (Å²) in [6.07, 6.45) is 6.86. The first-order chi connectivity index (χ1) is 6.00. The van der Waals surface area contributed by atoms with Crippen molar-refractivity contribution in [2.45, 2.75) is 33.6 Å². The van der Waals surface area contributed by atoms with Crippen LogP contribution in [0.2, 0.25) is 0 Å². The van der Waals surface area contributed by atoms with E-state index < -0.39 is 0 Å². The lowest BCUT2D eigenvalue weighted by atomic mass is 9.78. The molecule has 2 heteroatoms. The Morgan fingerprint density at radius 2 is 2.23 bits per heavy atom. The fourth-order valence-electron chi connectivity index (χ4n) is 1.43. The number of hydrogen-bond donors (Lipinski definition) is 1. The van der Waals surface area contributed by atoms with E-state index in [1.54, 1.807) is 7.05 Å². The predicted octanol–water partition coefficient (Wildman–Crippen LogP) is 1.81. The summed E-state index contributed by atoms with van der Waals surface area (Å²) < 4.78 is 0. The Hall–Kier alpha value is -0.970. The summed E-state index contributed by atoms with van der Waals surface area (Å²) in [5.74, 6) is 2.89.